The molecule has 2 unspecified atom stereocenters. The number of aromatic nitrogens is 2. The summed E-state index contributed by atoms with van der Waals surface area (Å²) >= 11 is 0. The molecule has 4 aliphatic rings. The highest BCUT2D eigenvalue weighted by atomic mass is 16.5. The van der Waals surface area contributed by atoms with Crippen molar-refractivity contribution in [1.29, 1.82) is 0 Å². The number of carbonyl (C=O) groups excluding carboxylic acids is 1. The molecule has 3 saturated heterocycles. The summed E-state index contributed by atoms with van der Waals surface area (Å²) < 4.78 is 10.8. The molecule has 34 heavy (non-hydrogen) atoms. The molecule has 1 amide bonds. The SMILES string of the molecule is COc1ccc(-c2cc(C(=O)N3CCCC4=C[C@H]5C[C@@H](CN6CCCCC56)C43)[nH]n2)cc1OC. The van der Waals surface area contributed by atoms with Crippen LogP contribution in [-0.2, 0) is 0 Å². The molecule has 7 nitrogen and oxygen atoms in total. The van der Waals surface area contributed by atoms with Crippen molar-refractivity contribution in [1.82, 2.24) is 20.0 Å². The van der Waals surface area contributed by atoms with Crippen LogP contribution in [0, 0.1) is 11.8 Å². The molecular formula is C27H34N4O3. The lowest BCUT2D eigenvalue weighted by molar-refractivity contribution is 0.00131. The second-order valence-electron chi connectivity index (χ2n) is 10.2. The highest BCUT2D eigenvalue weighted by molar-refractivity contribution is 5.94. The molecular weight excluding hydrogens is 428 g/mol. The number of piperidine rings is 3. The van der Waals surface area contributed by atoms with E-state index >= 15 is 0 Å². The minimum Gasteiger partial charge on any atom is -0.493 e. The molecule has 4 heterocycles. The molecule has 1 N–H and O–H groups in total. The largest absolute Gasteiger partial charge is 0.493 e. The van der Waals surface area contributed by atoms with E-state index in [0.717, 1.165) is 43.2 Å². The lowest BCUT2D eigenvalue weighted by Crippen LogP contribution is -2.60. The Hall–Kier alpha value is -2.80. The van der Waals surface area contributed by atoms with Gasteiger partial charge in [0.25, 0.3) is 5.91 Å². The zero-order valence-electron chi connectivity index (χ0n) is 20.1. The van der Waals surface area contributed by atoms with E-state index in [9.17, 15) is 4.79 Å². The number of nitrogens with zero attached hydrogens (tertiary/aromatic N) is 3. The predicted octanol–water partition coefficient (Wildman–Crippen LogP) is 4.13. The second kappa shape index (κ2) is 8.77. The Bertz CT molecular complexity index is 1110. The highest BCUT2D eigenvalue weighted by Gasteiger charge is 2.47. The number of carbonyl (C=O) groups is 1. The Morgan fingerprint density at radius 2 is 1.97 bits per heavy atom. The van der Waals surface area contributed by atoms with E-state index in [4.69, 9.17) is 9.47 Å². The monoisotopic (exact) mass is 462 g/mol. The molecule has 0 saturated carbocycles. The average Bonchev–Trinajstić information content (AvgIpc) is 3.38. The maximum Gasteiger partial charge on any atom is 0.272 e. The van der Waals surface area contributed by atoms with Gasteiger partial charge >= 0.3 is 0 Å². The molecule has 7 heteroatoms. The third-order valence-corrected chi connectivity index (χ3v) is 8.41. The quantitative estimate of drug-likeness (QED) is 0.692. The Labute approximate surface area is 201 Å². The van der Waals surface area contributed by atoms with Gasteiger partial charge in [-0.2, -0.15) is 5.10 Å². The molecule has 0 spiro atoms. The normalized spacial score (nSPS) is 28.5. The Kier molecular flexibility index (Phi) is 5.60. The van der Waals surface area contributed by atoms with Gasteiger partial charge in [-0.1, -0.05) is 18.1 Å². The average molecular weight is 463 g/mol. The number of ether oxygens (including phenoxy) is 2. The fourth-order valence-electron chi connectivity index (χ4n) is 6.93. The highest BCUT2D eigenvalue weighted by Crippen LogP contribution is 2.45. The van der Waals surface area contributed by atoms with Crippen molar-refractivity contribution in [2.24, 2.45) is 11.8 Å². The number of nitrogens with one attached hydrogen (secondary N) is 1. The predicted molar refractivity (Wildman–Crippen MR) is 130 cm³/mol. The summed E-state index contributed by atoms with van der Waals surface area (Å²) in [6, 6.07) is 8.51. The molecule has 3 aliphatic heterocycles. The zero-order valence-corrected chi connectivity index (χ0v) is 20.1. The number of amides is 1. The van der Waals surface area contributed by atoms with Crippen LogP contribution in [0.1, 0.15) is 49.0 Å². The van der Waals surface area contributed by atoms with Gasteiger partial charge in [0, 0.05) is 24.7 Å². The summed E-state index contributed by atoms with van der Waals surface area (Å²) in [5.41, 5.74) is 3.68. The van der Waals surface area contributed by atoms with Crippen LogP contribution in [0.2, 0.25) is 0 Å². The second-order valence-corrected chi connectivity index (χ2v) is 10.2. The van der Waals surface area contributed by atoms with Gasteiger partial charge in [-0.25, -0.2) is 0 Å². The summed E-state index contributed by atoms with van der Waals surface area (Å²) in [5, 5.41) is 7.48. The molecule has 180 valence electrons. The molecule has 2 bridgehead atoms. The van der Waals surface area contributed by atoms with Gasteiger partial charge in [0.15, 0.2) is 11.5 Å². The van der Waals surface area contributed by atoms with Crippen LogP contribution >= 0.6 is 0 Å². The van der Waals surface area contributed by atoms with Crippen LogP contribution < -0.4 is 9.47 Å². The number of fused-ring (bicyclic) bond motifs is 6. The fourth-order valence-corrected chi connectivity index (χ4v) is 6.93. The van der Waals surface area contributed by atoms with Crippen molar-refractivity contribution >= 4 is 5.91 Å². The minimum absolute atomic E-state index is 0.0639. The van der Waals surface area contributed by atoms with Gasteiger partial charge in [-0.3, -0.25) is 14.8 Å². The van der Waals surface area contributed by atoms with Gasteiger partial charge in [0.2, 0.25) is 0 Å². The van der Waals surface area contributed by atoms with E-state index in [1.807, 2.05) is 24.3 Å². The third kappa shape index (κ3) is 3.61. The van der Waals surface area contributed by atoms with Gasteiger partial charge in [-0.05, 0) is 74.8 Å². The van der Waals surface area contributed by atoms with Gasteiger partial charge in [-0.15, -0.1) is 0 Å². The molecule has 0 radical (unpaired) electrons. The van der Waals surface area contributed by atoms with E-state index in [1.54, 1.807) is 14.2 Å². The van der Waals surface area contributed by atoms with Crippen molar-refractivity contribution in [2.75, 3.05) is 33.9 Å². The van der Waals surface area contributed by atoms with E-state index < -0.39 is 0 Å². The van der Waals surface area contributed by atoms with E-state index in [-0.39, 0.29) is 11.9 Å². The number of rotatable bonds is 4. The molecule has 6 rings (SSSR count). The first-order valence-corrected chi connectivity index (χ1v) is 12.7. The summed E-state index contributed by atoms with van der Waals surface area (Å²) in [4.78, 5) is 18.6. The number of likely N-dealkylation sites (tertiary alicyclic amines) is 1. The van der Waals surface area contributed by atoms with E-state index in [2.05, 4.69) is 26.1 Å². The maximum atomic E-state index is 13.7. The van der Waals surface area contributed by atoms with Crippen molar-refractivity contribution in [3.63, 3.8) is 0 Å². The molecule has 3 fully saturated rings. The third-order valence-electron chi connectivity index (χ3n) is 8.41. The first-order valence-electron chi connectivity index (χ1n) is 12.7. The van der Waals surface area contributed by atoms with Crippen LogP contribution in [0.25, 0.3) is 11.3 Å². The van der Waals surface area contributed by atoms with Crippen LogP contribution in [0.5, 0.6) is 11.5 Å². The van der Waals surface area contributed by atoms with Gasteiger partial charge < -0.3 is 14.4 Å². The van der Waals surface area contributed by atoms with Gasteiger partial charge in [0.05, 0.1) is 26.0 Å². The smallest absolute Gasteiger partial charge is 0.272 e. The zero-order chi connectivity index (χ0) is 23.2. The molecule has 4 atom stereocenters. The van der Waals surface area contributed by atoms with Crippen molar-refractivity contribution in [2.45, 2.75) is 50.6 Å². The van der Waals surface area contributed by atoms with Gasteiger partial charge in [0.1, 0.15) is 5.69 Å². The van der Waals surface area contributed by atoms with E-state index in [0.29, 0.717) is 29.0 Å². The molecule has 1 aromatic heterocycles. The topological polar surface area (TPSA) is 70.7 Å². The maximum absolute atomic E-state index is 13.7. The number of aromatic amines is 1. The minimum atomic E-state index is 0.0639. The number of methoxy groups -OCH3 is 2. The Morgan fingerprint density at radius 3 is 2.82 bits per heavy atom. The molecule has 1 aromatic carbocycles. The van der Waals surface area contributed by atoms with Crippen LogP contribution in [-0.4, -0.2) is 71.8 Å². The summed E-state index contributed by atoms with van der Waals surface area (Å²) in [6.07, 6.45) is 9.96. The number of H-pyrrole nitrogens is 1. The molecule has 1 aliphatic carbocycles. The summed E-state index contributed by atoms with van der Waals surface area (Å²) in [7, 11) is 3.24. The van der Waals surface area contributed by atoms with Crippen molar-refractivity contribution < 1.29 is 14.3 Å². The number of hydrogen-bond donors (Lipinski definition) is 1. The lowest BCUT2D eigenvalue weighted by atomic mass is 9.68. The first kappa shape index (κ1) is 21.7. The van der Waals surface area contributed by atoms with E-state index in [1.165, 1.54) is 37.8 Å². The van der Waals surface area contributed by atoms with Crippen molar-refractivity contribution in [3.05, 3.63) is 41.6 Å². The van der Waals surface area contributed by atoms with Crippen molar-refractivity contribution in [3.8, 4) is 22.8 Å². The standard InChI is InChI=1S/C27H34N4O3/c1-33-24-9-8-17(14-25(24)34-2)21-15-22(29-28-21)27(32)31-11-5-6-18-12-19-13-20(26(18)31)16-30-10-4-3-7-23(19)30/h8-9,12,14-15,19-20,23,26H,3-7,10-11,13,16H2,1-2H3,(H,28,29)/t19-,20-,23?,26?/m0/s1. The first-order chi connectivity index (χ1) is 16.7. The number of hydrogen-bond acceptors (Lipinski definition) is 5. The lowest BCUT2D eigenvalue weighted by Gasteiger charge is -2.54. The fraction of sp³-hybridized carbons (Fsp3) is 0.556. The summed E-state index contributed by atoms with van der Waals surface area (Å²) in [5.74, 6) is 2.59. The van der Waals surface area contributed by atoms with Crippen LogP contribution in [0.4, 0.5) is 0 Å². The Morgan fingerprint density at radius 1 is 1.09 bits per heavy atom. The molecule has 2 aromatic rings. The van der Waals surface area contributed by atoms with Crippen LogP contribution in [0.3, 0.4) is 0 Å². The Balaban J connectivity index is 1.26. The number of benzene rings is 1. The van der Waals surface area contributed by atoms with Crippen LogP contribution in [0.15, 0.2) is 35.9 Å². The summed E-state index contributed by atoms with van der Waals surface area (Å²) in [6.45, 7) is 3.17.